The molecule has 0 amide bonds. The van der Waals surface area contributed by atoms with Crippen LogP contribution in [0.3, 0.4) is 0 Å². The molecule has 0 radical (unpaired) electrons. The molecule has 2 nitrogen and oxygen atoms in total. The lowest BCUT2D eigenvalue weighted by molar-refractivity contribution is 0.110. The van der Waals surface area contributed by atoms with Gasteiger partial charge >= 0.3 is 0 Å². The molecule has 2 heteroatoms. The molecule has 0 aromatic heterocycles. The molecule has 118 valence electrons. The Balaban J connectivity index is 2.05. The van der Waals surface area contributed by atoms with Crippen LogP contribution >= 0.6 is 0 Å². The van der Waals surface area contributed by atoms with Crippen molar-refractivity contribution in [2.75, 3.05) is 14.1 Å². The lowest BCUT2D eigenvalue weighted by Gasteiger charge is -2.40. The van der Waals surface area contributed by atoms with E-state index in [1.165, 1.54) is 36.8 Å². The molecule has 0 spiro atoms. The van der Waals surface area contributed by atoms with Crippen LogP contribution in [0.5, 0.6) is 0 Å². The van der Waals surface area contributed by atoms with Gasteiger partial charge in [0.2, 0.25) is 0 Å². The second-order valence-electron chi connectivity index (χ2n) is 7.00. The highest BCUT2D eigenvalue weighted by Gasteiger charge is 2.28. The average molecular weight is 288 g/mol. The number of nitrogens with one attached hydrogen (secondary N) is 1. The van der Waals surface area contributed by atoms with Crippen LogP contribution in [0.4, 0.5) is 0 Å². The lowest BCUT2D eigenvalue weighted by atomic mass is 9.85. The number of benzene rings is 1. The van der Waals surface area contributed by atoms with Gasteiger partial charge in [0.05, 0.1) is 0 Å². The Kier molecular flexibility index (Phi) is 5.83. The number of rotatable bonds is 5. The van der Waals surface area contributed by atoms with Gasteiger partial charge < -0.3 is 5.32 Å². The molecule has 1 fully saturated rings. The molecular formula is C19H32N2. The Morgan fingerprint density at radius 2 is 1.67 bits per heavy atom. The minimum atomic E-state index is 0.398. The van der Waals surface area contributed by atoms with Crippen molar-refractivity contribution < 1.29 is 0 Å². The smallest absolute Gasteiger partial charge is 0.0473 e. The molecule has 2 unspecified atom stereocenters. The van der Waals surface area contributed by atoms with Crippen molar-refractivity contribution in [3.63, 3.8) is 0 Å². The van der Waals surface area contributed by atoms with E-state index in [0.717, 1.165) is 12.0 Å². The fourth-order valence-electron chi connectivity index (χ4n) is 3.68. The Morgan fingerprint density at radius 1 is 1.10 bits per heavy atom. The minimum Gasteiger partial charge on any atom is -0.312 e. The third kappa shape index (κ3) is 4.08. The molecule has 0 aliphatic heterocycles. The van der Waals surface area contributed by atoms with Gasteiger partial charge in [-0.25, -0.2) is 0 Å². The Bertz CT molecular complexity index is 418. The Hall–Kier alpha value is -0.860. The topological polar surface area (TPSA) is 15.3 Å². The summed E-state index contributed by atoms with van der Waals surface area (Å²) >= 11 is 0. The highest BCUT2D eigenvalue weighted by atomic mass is 15.2. The summed E-state index contributed by atoms with van der Waals surface area (Å²) in [5, 5.41) is 3.52. The van der Waals surface area contributed by atoms with Crippen LogP contribution in [0, 0.1) is 12.8 Å². The van der Waals surface area contributed by atoms with Gasteiger partial charge in [0, 0.05) is 18.1 Å². The monoisotopic (exact) mass is 288 g/mol. The average Bonchev–Trinajstić information content (AvgIpc) is 2.50. The summed E-state index contributed by atoms with van der Waals surface area (Å²) in [4.78, 5) is 2.60. The molecule has 0 saturated heterocycles. The highest BCUT2D eigenvalue weighted by Crippen LogP contribution is 2.30. The van der Waals surface area contributed by atoms with Crippen LogP contribution in [-0.2, 0) is 0 Å². The van der Waals surface area contributed by atoms with Crippen molar-refractivity contribution in [3.8, 4) is 0 Å². The van der Waals surface area contributed by atoms with E-state index in [1.807, 2.05) is 0 Å². The predicted molar refractivity (Wildman–Crippen MR) is 91.6 cm³/mol. The number of aryl methyl sites for hydroxylation is 1. The zero-order valence-corrected chi connectivity index (χ0v) is 14.4. The molecule has 1 aliphatic rings. The van der Waals surface area contributed by atoms with E-state index < -0.39 is 0 Å². The van der Waals surface area contributed by atoms with Gasteiger partial charge in [-0.2, -0.15) is 0 Å². The standard InChI is InChI=1S/C19H32N2/c1-14-6-10-17(11-7-14)19(20-4)16(3)21(5)18-12-8-15(2)9-13-18/h6-7,10-11,15-16,18-20H,8-9,12-13H2,1-5H3. The molecule has 0 bridgehead atoms. The van der Waals surface area contributed by atoms with Crippen LogP contribution in [0.1, 0.15) is 56.7 Å². The molecule has 1 N–H and O–H groups in total. The van der Waals surface area contributed by atoms with Crippen molar-refractivity contribution in [2.24, 2.45) is 5.92 Å². The lowest BCUT2D eigenvalue weighted by Crippen LogP contribution is -2.46. The summed E-state index contributed by atoms with van der Waals surface area (Å²) in [6.07, 6.45) is 5.48. The molecule has 1 saturated carbocycles. The maximum absolute atomic E-state index is 3.52. The van der Waals surface area contributed by atoms with Crippen molar-refractivity contribution in [1.82, 2.24) is 10.2 Å². The maximum atomic E-state index is 3.52. The van der Waals surface area contributed by atoms with E-state index in [2.05, 4.69) is 69.3 Å². The molecule has 1 aromatic rings. The first-order valence-corrected chi connectivity index (χ1v) is 8.48. The Morgan fingerprint density at radius 3 is 2.19 bits per heavy atom. The summed E-state index contributed by atoms with van der Waals surface area (Å²) < 4.78 is 0. The quantitative estimate of drug-likeness (QED) is 0.875. The van der Waals surface area contributed by atoms with E-state index >= 15 is 0 Å². The van der Waals surface area contributed by atoms with Crippen LogP contribution in [-0.4, -0.2) is 31.1 Å². The maximum Gasteiger partial charge on any atom is 0.0473 e. The molecular weight excluding hydrogens is 256 g/mol. The van der Waals surface area contributed by atoms with Gasteiger partial charge in [-0.1, -0.05) is 36.8 Å². The van der Waals surface area contributed by atoms with Gasteiger partial charge in [0.25, 0.3) is 0 Å². The predicted octanol–water partition coefficient (Wildman–Crippen LogP) is 4.15. The van der Waals surface area contributed by atoms with E-state index in [1.54, 1.807) is 0 Å². The number of likely N-dealkylation sites (N-methyl/N-ethyl adjacent to an activating group) is 2. The Labute approximate surface area is 130 Å². The summed E-state index contributed by atoms with van der Waals surface area (Å²) in [6, 6.07) is 10.6. The minimum absolute atomic E-state index is 0.398. The summed E-state index contributed by atoms with van der Waals surface area (Å²) in [6.45, 7) is 6.90. The van der Waals surface area contributed by atoms with Crippen molar-refractivity contribution in [1.29, 1.82) is 0 Å². The van der Waals surface area contributed by atoms with Crippen LogP contribution < -0.4 is 5.32 Å². The van der Waals surface area contributed by atoms with Gasteiger partial charge in [0.15, 0.2) is 0 Å². The molecule has 1 aliphatic carbocycles. The molecule has 2 atom stereocenters. The molecule has 0 heterocycles. The van der Waals surface area contributed by atoms with Gasteiger partial charge in [-0.15, -0.1) is 0 Å². The first-order valence-electron chi connectivity index (χ1n) is 8.48. The molecule has 21 heavy (non-hydrogen) atoms. The van der Waals surface area contributed by atoms with E-state index in [-0.39, 0.29) is 0 Å². The van der Waals surface area contributed by atoms with Crippen LogP contribution in [0.25, 0.3) is 0 Å². The van der Waals surface area contributed by atoms with E-state index in [9.17, 15) is 0 Å². The number of hydrogen-bond acceptors (Lipinski definition) is 2. The highest BCUT2D eigenvalue weighted by molar-refractivity contribution is 5.25. The summed E-state index contributed by atoms with van der Waals surface area (Å²) in [5.41, 5.74) is 2.72. The van der Waals surface area contributed by atoms with E-state index in [4.69, 9.17) is 0 Å². The zero-order chi connectivity index (χ0) is 15.4. The summed E-state index contributed by atoms with van der Waals surface area (Å²) in [5.74, 6) is 0.919. The number of hydrogen-bond donors (Lipinski definition) is 1. The largest absolute Gasteiger partial charge is 0.312 e. The van der Waals surface area contributed by atoms with Crippen molar-refractivity contribution in [2.45, 2.75) is 64.6 Å². The normalized spacial score (nSPS) is 25.8. The van der Waals surface area contributed by atoms with Gasteiger partial charge in [0.1, 0.15) is 0 Å². The van der Waals surface area contributed by atoms with Crippen molar-refractivity contribution >= 4 is 0 Å². The third-order valence-electron chi connectivity index (χ3n) is 5.43. The summed E-state index contributed by atoms with van der Waals surface area (Å²) in [7, 11) is 4.39. The fourth-order valence-corrected chi connectivity index (χ4v) is 3.68. The van der Waals surface area contributed by atoms with Gasteiger partial charge in [-0.05, 0) is 65.1 Å². The zero-order valence-electron chi connectivity index (χ0n) is 14.4. The second-order valence-corrected chi connectivity index (χ2v) is 7.00. The second kappa shape index (κ2) is 7.42. The SMILES string of the molecule is CNC(c1ccc(C)cc1)C(C)N(C)C1CCC(C)CC1. The molecule has 2 rings (SSSR count). The van der Waals surface area contributed by atoms with Crippen LogP contribution in [0.2, 0.25) is 0 Å². The fraction of sp³-hybridized carbons (Fsp3) is 0.684. The van der Waals surface area contributed by atoms with Crippen molar-refractivity contribution in [3.05, 3.63) is 35.4 Å². The number of nitrogens with zero attached hydrogens (tertiary/aromatic N) is 1. The van der Waals surface area contributed by atoms with Gasteiger partial charge in [-0.3, -0.25) is 4.90 Å². The van der Waals surface area contributed by atoms with E-state index in [0.29, 0.717) is 12.1 Å². The first kappa shape index (κ1) is 16.5. The third-order valence-corrected chi connectivity index (χ3v) is 5.43. The van der Waals surface area contributed by atoms with Crippen LogP contribution in [0.15, 0.2) is 24.3 Å². The molecule has 1 aromatic carbocycles. The first-order chi connectivity index (χ1) is 10.0.